The van der Waals surface area contributed by atoms with Crippen molar-refractivity contribution < 1.29 is 27.8 Å². The van der Waals surface area contributed by atoms with Crippen molar-refractivity contribution in [2.24, 2.45) is 5.92 Å². The molecule has 2 N–H and O–H groups in total. The van der Waals surface area contributed by atoms with Gasteiger partial charge in [-0.1, -0.05) is 43.3 Å². The third-order valence-electron chi connectivity index (χ3n) is 5.58. The molecule has 3 rings (SSSR count). The lowest BCUT2D eigenvalue weighted by molar-refractivity contribution is -0.649. The molecule has 3 unspecified atom stereocenters. The van der Waals surface area contributed by atoms with Gasteiger partial charge >= 0.3 is 5.72 Å². The van der Waals surface area contributed by atoms with Gasteiger partial charge in [-0.05, 0) is 31.5 Å². The molecule has 31 heavy (non-hydrogen) atoms. The van der Waals surface area contributed by atoms with E-state index in [1.807, 2.05) is 0 Å². The number of alkyl halides is 2. The molecule has 0 amide bonds. The summed E-state index contributed by atoms with van der Waals surface area (Å²) in [4.78, 5) is 11.5. The van der Waals surface area contributed by atoms with Gasteiger partial charge in [-0.25, -0.2) is 17.7 Å². The molecule has 1 aliphatic rings. The predicted molar refractivity (Wildman–Crippen MR) is 111 cm³/mol. The molecule has 0 aromatic heterocycles. The van der Waals surface area contributed by atoms with Crippen LogP contribution in [-0.4, -0.2) is 32.0 Å². The Labute approximate surface area is 181 Å². The molecule has 0 spiro atoms. The molecule has 2 aromatic rings. The molecule has 5 atom stereocenters. The van der Waals surface area contributed by atoms with Crippen LogP contribution >= 0.6 is 0 Å². The van der Waals surface area contributed by atoms with Crippen LogP contribution < -0.4 is 9.46 Å². The summed E-state index contributed by atoms with van der Waals surface area (Å²) in [6.45, 7) is 1.85. The number of aliphatic hydroxyl groups excluding tert-OH is 1. The van der Waals surface area contributed by atoms with Gasteiger partial charge in [0.1, 0.15) is 12.4 Å². The number of ether oxygens (including phenoxy) is 1. The Morgan fingerprint density at radius 3 is 2.45 bits per heavy atom. The maximum atomic E-state index is 15.3. The van der Waals surface area contributed by atoms with Crippen molar-refractivity contribution in [2.45, 2.75) is 43.2 Å². The van der Waals surface area contributed by atoms with Crippen molar-refractivity contribution in [1.29, 1.82) is 0 Å². The average molecular weight is 454 g/mol. The number of para-hydroxylation sites is 1. The summed E-state index contributed by atoms with van der Waals surface area (Å²) < 4.78 is 51.8. The standard InChI is InChI=1S/C21H24F2N2O5S/c1-3-14(2)31(29)24-18-16-11-7-8-12-17(16)30-21(25(27)28,15-9-5-4-6-10-15)19(18)20(22,23)13-26/h4-12,14,18-19,24,26H,3,13H2,1-2H3/t14-,18+,19?,21?,31?/m1/s1. The number of fused-ring (bicyclic) bond motifs is 1. The average Bonchev–Trinajstić information content (AvgIpc) is 2.78. The minimum Gasteiger partial charge on any atom is -0.423 e. The van der Waals surface area contributed by atoms with E-state index in [0.717, 1.165) is 0 Å². The topological polar surface area (TPSA) is 102 Å². The Morgan fingerprint density at radius 2 is 1.87 bits per heavy atom. The first-order valence-electron chi connectivity index (χ1n) is 9.82. The molecule has 0 fully saturated rings. The summed E-state index contributed by atoms with van der Waals surface area (Å²) in [7, 11) is -1.77. The second kappa shape index (κ2) is 8.97. The summed E-state index contributed by atoms with van der Waals surface area (Å²) in [5.41, 5.74) is -2.61. The van der Waals surface area contributed by atoms with Gasteiger partial charge in [0.2, 0.25) is 0 Å². The third kappa shape index (κ3) is 4.07. The SMILES string of the molecule is CC[C@@H](C)S(=O)N[C@H]1c2ccccc2OC(c2ccccc2)([N+](=O)[O-])C1C(F)(F)CO. The maximum absolute atomic E-state index is 15.3. The van der Waals surface area contributed by atoms with Gasteiger partial charge in [0.15, 0.2) is 5.92 Å². The summed E-state index contributed by atoms with van der Waals surface area (Å²) in [6.07, 6.45) is 0.505. The molecule has 0 bridgehead atoms. The normalized spacial score (nSPS) is 25.2. The van der Waals surface area contributed by atoms with Gasteiger partial charge in [0.05, 0.1) is 27.5 Å². The van der Waals surface area contributed by atoms with Crippen LogP contribution in [0, 0.1) is 16.0 Å². The summed E-state index contributed by atoms with van der Waals surface area (Å²) in [5, 5.41) is 21.6. The van der Waals surface area contributed by atoms with E-state index in [2.05, 4.69) is 4.72 Å². The zero-order valence-corrected chi connectivity index (χ0v) is 17.9. The van der Waals surface area contributed by atoms with Crippen LogP contribution in [0.1, 0.15) is 37.4 Å². The first-order chi connectivity index (χ1) is 14.7. The number of hydrogen-bond acceptors (Lipinski definition) is 5. The van der Waals surface area contributed by atoms with E-state index in [4.69, 9.17) is 4.74 Å². The summed E-state index contributed by atoms with van der Waals surface area (Å²) >= 11 is 0. The van der Waals surface area contributed by atoms with Crippen molar-refractivity contribution in [2.75, 3.05) is 6.61 Å². The van der Waals surface area contributed by atoms with Crippen LogP contribution in [0.2, 0.25) is 0 Å². The molecular weight excluding hydrogens is 430 g/mol. The lowest BCUT2D eigenvalue weighted by Gasteiger charge is -2.44. The van der Waals surface area contributed by atoms with E-state index in [1.54, 1.807) is 32.0 Å². The second-order valence-electron chi connectivity index (χ2n) is 7.47. The fourth-order valence-electron chi connectivity index (χ4n) is 3.79. The highest BCUT2D eigenvalue weighted by atomic mass is 32.2. The Morgan fingerprint density at radius 1 is 1.26 bits per heavy atom. The Kier molecular flexibility index (Phi) is 6.73. The van der Waals surface area contributed by atoms with E-state index in [0.29, 0.717) is 6.42 Å². The monoisotopic (exact) mass is 454 g/mol. The second-order valence-corrected chi connectivity index (χ2v) is 9.10. The van der Waals surface area contributed by atoms with Crippen LogP contribution in [0.5, 0.6) is 5.75 Å². The first kappa shape index (κ1) is 23.2. The number of nitrogens with one attached hydrogen (secondary N) is 1. The third-order valence-corrected chi connectivity index (χ3v) is 7.13. The Bertz CT molecular complexity index is 962. The minimum absolute atomic E-state index is 0.0340. The smallest absolute Gasteiger partial charge is 0.400 e. The quantitative estimate of drug-likeness (QED) is 0.469. The van der Waals surface area contributed by atoms with Crippen molar-refractivity contribution in [3.63, 3.8) is 0 Å². The molecule has 1 aliphatic heterocycles. The number of rotatable bonds is 8. The fourth-order valence-corrected chi connectivity index (χ4v) is 4.84. The molecule has 10 heteroatoms. The van der Waals surface area contributed by atoms with Crippen LogP contribution in [0.4, 0.5) is 8.78 Å². The Hall–Kier alpha value is -2.43. The predicted octanol–water partition coefficient (Wildman–Crippen LogP) is 3.55. The minimum atomic E-state index is -3.94. The van der Waals surface area contributed by atoms with Gasteiger partial charge < -0.3 is 9.84 Å². The van der Waals surface area contributed by atoms with Crippen molar-refractivity contribution in [3.8, 4) is 5.75 Å². The molecule has 0 saturated carbocycles. The molecule has 7 nitrogen and oxygen atoms in total. The molecular formula is C21H24F2N2O5S. The van der Waals surface area contributed by atoms with Gasteiger partial charge in [-0.2, -0.15) is 0 Å². The molecule has 168 valence electrons. The van der Waals surface area contributed by atoms with Crippen LogP contribution in [0.25, 0.3) is 0 Å². The number of nitro groups is 1. The zero-order chi connectivity index (χ0) is 22.8. The lowest BCUT2D eigenvalue weighted by atomic mass is 9.75. The molecule has 2 aromatic carbocycles. The van der Waals surface area contributed by atoms with Gasteiger partial charge in [-0.3, -0.25) is 10.1 Å². The molecule has 0 saturated heterocycles. The van der Waals surface area contributed by atoms with Crippen molar-refractivity contribution >= 4 is 11.0 Å². The van der Waals surface area contributed by atoms with Gasteiger partial charge in [0.25, 0.3) is 5.92 Å². The number of nitrogens with zero attached hydrogens (tertiary/aromatic N) is 1. The highest BCUT2D eigenvalue weighted by molar-refractivity contribution is 7.83. The number of halogens is 2. The summed E-state index contributed by atoms with van der Waals surface area (Å²) in [5.74, 6) is -6.09. The molecule has 0 radical (unpaired) electrons. The fraction of sp³-hybridized carbons (Fsp3) is 0.429. The van der Waals surface area contributed by atoms with E-state index in [9.17, 15) is 19.4 Å². The molecule has 0 aliphatic carbocycles. The van der Waals surface area contributed by atoms with E-state index in [1.165, 1.54) is 36.4 Å². The van der Waals surface area contributed by atoms with E-state index >= 15 is 8.78 Å². The maximum Gasteiger partial charge on any atom is 0.400 e. The van der Waals surface area contributed by atoms with E-state index in [-0.39, 0.29) is 22.1 Å². The van der Waals surface area contributed by atoms with Gasteiger partial charge in [0, 0.05) is 10.8 Å². The highest BCUT2D eigenvalue weighted by Crippen LogP contribution is 2.54. The van der Waals surface area contributed by atoms with Crippen LogP contribution in [0.3, 0.4) is 0 Å². The largest absolute Gasteiger partial charge is 0.423 e. The van der Waals surface area contributed by atoms with Gasteiger partial charge in [-0.15, -0.1) is 0 Å². The molecule has 1 heterocycles. The lowest BCUT2D eigenvalue weighted by Crippen LogP contribution is -2.62. The van der Waals surface area contributed by atoms with Crippen LogP contribution in [-0.2, 0) is 16.7 Å². The summed E-state index contributed by atoms with van der Waals surface area (Å²) in [6, 6.07) is 11.9. The van der Waals surface area contributed by atoms with E-state index < -0.39 is 46.1 Å². The zero-order valence-electron chi connectivity index (χ0n) is 17.0. The number of hydrogen-bond donors (Lipinski definition) is 2. The Balaban J connectivity index is 2.31. The number of aliphatic hydroxyl groups is 1. The first-order valence-corrected chi connectivity index (χ1v) is 11.0. The van der Waals surface area contributed by atoms with Crippen LogP contribution in [0.15, 0.2) is 54.6 Å². The highest BCUT2D eigenvalue weighted by Gasteiger charge is 2.70. The number of benzene rings is 2. The van der Waals surface area contributed by atoms with Crippen molar-refractivity contribution in [1.82, 2.24) is 4.72 Å². The van der Waals surface area contributed by atoms with Crippen molar-refractivity contribution in [3.05, 3.63) is 75.8 Å².